The van der Waals surface area contributed by atoms with Gasteiger partial charge in [-0.3, -0.25) is 34.6 Å². The van der Waals surface area contributed by atoms with Gasteiger partial charge in [-0.25, -0.2) is 0 Å². The standard InChI is InChI=1S/C39H33N5O11/c1-42(27-9-13-33-35(20-27)55-36-21-30(46)10-14-34(36)39(33,53-2)32-6-4-3-5-24(32)23-45)22-37(47)41-26-7-11-31(12-8-26)54-16-15-40-38(48)25-17-28(43(49)50)19-29(18-25)44(51)52/h3-14,17-21,23,46H,15-16,22H2,1-2H3,(H,40,48)(H,41,47). The summed E-state index contributed by atoms with van der Waals surface area (Å²) in [6.07, 6.45) is 0.765. The minimum absolute atomic E-state index is 0.00134. The van der Waals surface area contributed by atoms with E-state index in [1.165, 1.54) is 12.1 Å². The zero-order valence-electron chi connectivity index (χ0n) is 29.4. The van der Waals surface area contributed by atoms with Crippen LogP contribution in [0.25, 0.3) is 0 Å². The molecule has 2 amide bonds. The molecule has 0 fully saturated rings. The van der Waals surface area contributed by atoms with Crippen LogP contribution >= 0.6 is 0 Å². The number of hydrogen-bond acceptors (Lipinski definition) is 12. The van der Waals surface area contributed by atoms with Crippen LogP contribution in [0.3, 0.4) is 0 Å². The first-order valence-corrected chi connectivity index (χ1v) is 16.6. The molecule has 1 unspecified atom stereocenters. The number of nitrogens with one attached hydrogen (secondary N) is 2. The number of ether oxygens (including phenoxy) is 3. The second-order valence-electron chi connectivity index (χ2n) is 12.3. The van der Waals surface area contributed by atoms with E-state index >= 15 is 0 Å². The number of methoxy groups -OCH3 is 1. The summed E-state index contributed by atoms with van der Waals surface area (Å²) in [5.74, 6) is 0.117. The van der Waals surface area contributed by atoms with Gasteiger partial charge in [0.2, 0.25) is 5.91 Å². The lowest BCUT2D eigenvalue weighted by atomic mass is 9.76. The zero-order valence-corrected chi connectivity index (χ0v) is 29.4. The topological polar surface area (TPSA) is 213 Å². The third-order valence-electron chi connectivity index (χ3n) is 8.88. The summed E-state index contributed by atoms with van der Waals surface area (Å²) in [7, 11) is 3.28. The largest absolute Gasteiger partial charge is 0.508 e. The molecule has 0 saturated carbocycles. The van der Waals surface area contributed by atoms with E-state index < -0.39 is 32.7 Å². The predicted octanol–water partition coefficient (Wildman–Crippen LogP) is 5.95. The molecule has 5 aromatic carbocycles. The van der Waals surface area contributed by atoms with E-state index in [1.807, 2.05) is 24.3 Å². The van der Waals surface area contributed by atoms with Crippen LogP contribution in [0.1, 0.15) is 37.4 Å². The highest BCUT2D eigenvalue weighted by molar-refractivity contribution is 5.96. The van der Waals surface area contributed by atoms with E-state index in [0.717, 1.165) is 24.5 Å². The van der Waals surface area contributed by atoms with Crippen LogP contribution in [0.4, 0.5) is 22.7 Å². The Kier molecular flexibility index (Phi) is 10.7. The molecule has 1 atom stereocenters. The van der Waals surface area contributed by atoms with Crippen molar-refractivity contribution in [2.24, 2.45) is 0 Å². The third kappa shape index (κ3) is 7.74. The Morgan fingerprint density at radius 2 is 1.53 bits per heavy atom. The number of aldehydes is 1. The Balaban J connectivity index is 1.07. The summed E-state index contributed by atoms with van der Waals surface area (Å²) in [5, 5.41) is 37.8. The predicted molar refractivity (Wildman–Crippen MR) is 199 cm³/mol. The normalized spacial score (nSPS) is 14.0. The molecule has 0 spiro atoms. The quantitative estimate of drug-likeness (QED) is 0.0521. The molecule has 55 heavy (non-hydrogen) atoms. The van der Waals surface area contributed by atoms with Gasteiger partial charge in [0.05, 0.1) is 34.6 Å². The fraction of sp³-hybridized carbons (Fsp3) is 0.154. The Bertz CT molecular complexity index is 2280. The van der Waals surface area contributed by atoms with Crippen molar-refractivity contribution < 1.29 is 43.5 Å². The maximum atomic E-state index is 13.1. The number of aromatic hydroxyl groups is 1. The molecule has 1 heterocycles. The van der Waals surface area contributed by atoms with Gasteiger partial charge in [0, 0.05) is 72.1 Å². The lowest BCUT2D eigenvalue weighted by Gasteiger charge is -2.40. The molecule has 0 saturated heterocycles. The number of fused-ring (bicyclic) bond motifs is 2. The van der Waals surface area contributed by atoms with Crippen LogP contribution in [0, 0.1) is 20.2 Å². The lowest BCUT2D eigenvalue weighted by Crippen LogP contribution is -2.36. The van der Waals surface area contributed by atoms with Crippen molar-refractivity contribution in [2.75, 3.05) is 44.1 Å². The molecule has 0 aromatic heterocycles. The van der Waals surface area contributed by atoms with E-state index in [-0.39, 0.29) is 36.9 Å². The number of non-ortho nitro benzene ring substituents is 2. The van der Waals surface area contributed by atoms with Crippen molar-refractivity contribution in [1.82, 2.24) is 5.32 Å². The molecule has 16 nitrogen and oxygen atoms in total. The molecule has 0 bridgehead atoms. The van der Waals surface area contributed by atoms with Crippen molar-refractivity contribution >= 4 is 40.9 Å². The van der Waals surface area contributed by atoms with E-state index in [1.54, 1.807) is 67.6 Å². The van der Waals surface area contributed by atoms with E-state index in [0.29, 0.717) is 50.9 Å². The van der Waals surface area contributed by atoms with Gasteiger partial charge in [0.1, 0.15) is 35.9 Å². The maximum absolute atomic E-state index is 13.1. The molecule has 1 aliphatic heterocycles. The fourth-order valence-corrected chi connectivity index (χ4v) is 6.33. The van der Waals surface area contributed by atoms with E-state index in [9.17, 15) is 39.7 Å². The Labute approximate surface area is 313 Å². The number of nitro benzene ring substituents is 2. The maximum Gasteiger partial charge on any atom is 0.277 e. The minimum Gasteiger partial charge on any atom is -0.508 e. The first kappa shape index (κ1) is 37.4. The summed E-state index contributed by atoms with van der Waals surface area (Å²) in [6, 6.07) is 26.4. The highest BCUT2D eigenvalue weighted by Gasteiger charge is 2.46. The smallest absolute Gasteiger partial charge is 0.277 e. The van der Waals surface area contributed by atoms with E-state index in [2.05, 4.69) is 10.6 Å². The number of carbonyl (C=O) groups is 3. The van der Waals surface area contributed by atoms with Crippen molar-refractivity contribution in [2.45, 2.75) is 5.60 Å². The van der Waals surface area contributed by atoms with Gasteiger partial charge in [-0.05, 0) is 48.5 Å². The number of benzene rings is 5. The first-order valence-electron chi connectivity index (χ1n) is 16.6. The van der Waals surface area contributed by atoms with Crippen molar-refractivity contribution in [3.05, 3.63) is 151 Å². The van der Waals surface area contributed by atoms with Crippen molar-refractivity contribution in [3.8, 4) is 23.0 Å². The summed E-state index contributed by atoms with van der Waals surface area (Å²) in [4.78, 5) is 60.0. The van der Waals surface area contributed by atoms with Crippen LogP contribution in [-0.2, 0) is 15.1 Å². The number of hydrogen-bond donors (Lipinski definition) is 3. The van der Waals surface area contributed by atoms with Gasteiger partial charge in [-0.15, -0.1) is 0 Å². The number of amides is 2. The number of nitrogens with zero attached hydrogens (tertiary/aromatic N) is 3. The Morgan fingerprint density at radius 3 is 2.18 bits per heavy atom. The van der Waals surface area contributed by atoms with Crippen molar-refractivity contribution in [3.63, 3.8) is 0 Å². The average Bonchev–Trinajstić information content (AvgIpc) is 3.18. The summed E-state index contributed by atoms with van der Waals surface area (Å²) >= 11 is 0. The van der Waals surface area contributed by atoms with Crippen molar-refractivity contribution in [1.29, 1.82) is 0 Å². The third-order valence-corrected chi connectivity index (χ3v) is 8.88. The molecule has 280 valence electrons. The van der Waals surface area contributed by atoms with Gasteiger partial charge in [0.15, 0.2) is 5.60 Å². The molecule has 16 heteroatoms. The van der Waals surface area contributed by atoms with Gasteiger partial charge in [-0.1, -0.05) is 24.3 Å². The highest BCUT2D eigenvalue weighted by atomic mass is 16.6. The highest BCUT2D eigenvalue weighted by Crippen LogP contribution is 2.54. The van der Waals surface area contributed by atoms with Crippen LogP contribution < -0.4 is 25.0 Å². The number of likely N-dealkylation sites (N-methyl/N-ethyl adjacent to an activating group) is 1. The SMILES string of the molecule is COC1(c2ccccc2C=O)c2ccc(O)cc2Oc2cc(N(C)CC(=O)Nc3ccc(OCCNC(=O)c4cc([N+](=O)[O-])cc([N+](=O)[O-])c4)cc3)ccc21. The van der Waals surface area contributed by atoms with E-state index in [4.69, 9.17) is 14.2 Å². The number of rotatable bonds is 14. The molecule has 1 aliphatic rings. The van der Waals surface area contributed by atoms with Gasteiger partial charge in [-0.2, -0.15) is 0 Å². The van der Waals surface area contributed by atoms with Gasteiger partial charge in [0.25, 0.3) is 17.3 Å². The second-order valence-corrected chi connectivity index (χ2v) is 12.3. The summed E-state index contributed by atoms with van der Waals surface area (Å²) < 4.78 is 18.2. The number of phenolic OH excluding ortho intramolecular Hbond substituents is 1. The van der Waals surface area contributed by atoms with Crippen LogP contribution in [0.15, 0.2) is 103 Å². The second kappa shape index (κ2) is 15.7. The Hall–Kier alpha value is -7.33. The molecule has 3 N–H and O–H groups in total. The molecule has 5 aromatic rings. The number of phenols is 1. The molecule has 0 radical (unpaired) electrons. The molecular formula is C39H33N5O11. The van der Waals surface area contributed by atoms with Crippen LogP contribution in [0.5, 0.6) is 23.0 Å². The van der Waals surface area contributed by atoms with Gasteiger partial charge < -0.3 is 34.9 Å². The van der Waals surface area contributed by atoms with Gasteiger partial charge >= 0.3 is 0 Å². The molecule has 6 rings (SSSR count). The number of nitro groups is 2. The van der Waals surface area contributed by atoms with Crippen LogP contribution in [0.2, 0.25) is 0 Å². The summed E-state index contributed by atoms with van der Waals surface area (Å²) in [5.41, 5.74) is 0.759. The first-order chi connectivity index (χ1) is 26.4. The summed E-state index contributed by atoms with van der Waals surface area (Å²) in [6.45, 7) is -0.0157. The number of anilines is 2. The fourth-order valence-electron chi connectivity index (χ4n) is 6.33. The zero-order chi connectivity index (χ0) is 39.3. The minimum atomic E-state index is -1.24. The lowest BCUT2D eigenvalue weighted by molar-refractivity contribution is -0.394. The average molecular weight is 748 g/mol. The van der Waals surface area contributed by atoms with Crippen LogP contribution in [-0.4, -0.2) is 66.9 Å². The molecule has 0 aliphatic carbocycles. The Morgan fingerprint density at radius 1 is 0.873 bits per heavy atom. The molecular weight excluding hydrogens is 714 g/mol. The number of carbonyl (C=O) groups excluding carboxylic acids is 3. The monoisotopic (exact) mass is 747 g/mol.